The van der Waals surface area contributed by atoms with E-state index in [4.69, 9.17) is 14.2 Å². The normalized spacial score (nSPS) is 15.5. The van der Waals surface area contributed by atoms with Crippen molar-refractivity contribution in [2.75, 3.05) is 30.0 Å². The first-order valence-electron chi connectivity index (χ1n) is 9.70. The number of carbonyl (C=O) groups is 3. The van der Waals surface area contributed by atoms with Crippen LogP contribution in [0.25, 0.3) is 0 Å². The van der Waals surface area contributed by atoms with Crippen molar-refractivity contribution in [1.82, 2.24) is 0 Å². The van der Waals surface area contributed by atoms with Gasteiger partial charge in [0.25, 0.3) is 5.91 Å². The van der Waals surface area contributed by atoms with E-state index < -0.39 is 18.5 Å². The fourth-order valence-electron chi connectivity index (χ4n) is 3.20. The summed E-state index contributed by atoms with van der Waals surface area (Å²) >= 11 is 0. The zero-order valence-corrected chi connectivity index (χ0v) is 16.9. The van der Waals surface area contributed by atoms with Gasteiger partial charge in [-0.1, -0.05) is 24.3 Å². The van der Waals surface area contributed by atoms with Crippen LogP contribution in [-0.4, -0.2) is 43.6 Å². The summed E-state index contributed by atoms with van der Waals surface area (Å²) in [5, 5.41) is 2.78. The number of hydrogen-bond donors (Lipinski definition) is 1. The number of para-hydroxylation sites is 4. The third-order valence-electron chi connectivity index (χ3n) is 4.48. The third kappa shape index (κ3) is 5.08. The lowest BCUT2D eigenvalue weighted by molar-refractivity contribution is -0.150. The molecule has 3 rings (SSSR count). The van der Waals surface area contributed by atoms with E-state index in [2.05, 4.69) is 5.32 Å². The van der Waals surface area contributed by atoms with Gasteiger partial charge in [-0.2, -0.15) is 0 Å². The molecule has 1 aliphatic heterocycles. The van der Waals surface area contributed by atoms with Gasteiger partial charge >= 0.3 is 5.97 Å². The van der Waals surface area contributed by atoms with Crippen LogP contribution in [0.2, 0.25) is 0 Å². The molecule has 0 aliphatic carbocycles. The summed E-state index contributed by atoms with van der Waals surface area (Å²) in [7, 11) is 0. The van der Waals surface area contributed by atoms with Gasteiger partial charge in [0.1, 0.15) is 0 Å². The van der Waals surface area contributed by atoms with Crippen LogP contribution in [0.1, 0.15) is 20.3 Å². The van der Waals surface area contributed by atoms with E-state index in [9.17, 15) is 14.4 Å². The molecule has 2 aromatic rings. The Morgan fingerprint density at radius 1 is 1.03 bits per heavy atom. The van der Waals surface area contributed by atoms with Gasteiger partial charge in [-0.25, -0.2) is 4.79 Å². The average Bonchev–Trinajstić information content (AvgIpc) is 2.85. The molecule has 0 saturated heterocycles. The third-order valence-corrected chi connectivity index (χ3v) is 4.48. The van der Waals surface area contributed by atoms with Crippen LogP contribution in [-0.2, 0) is 19.1 Å². The molecule has 0 bridgehead atoms. The summed E-state index contributed by atoms with van der Waals surface area (Å²) in [4.78, 5) is 38.4. The van der Waals surface area contributed by atoms with Gasteiger partial charge in [0.05, 0.1) is 18.0 Å². The molecule has 0 saturated carbocycles. The first kappa shape index (κ1) is 21.2. The molecule has 30 heavy (non-hydrogen) atoms. The Kier molecular flexibility index (Phi) is 6.90. The van der Waals surface area contributed by atoms with Crippen molar-refractivity contribution in [3.05, 3.63) is 48.5 Å². The number of anilines is 2. The quantitative estimate of drug-likeness (QED) is 0.703. The van der Waals surface area contributed by atoms with E-state index >= 15 is 0 Å². The topological polar surface area (TPSA) is 94.2 Å². The molecular formula is C22H24N2O6. The Balaban J connectivity index is 1.60. The van der Waals surface area contributed by atoms with Crippen LogP contribution in [0.4, 0.5) is 11.4 Å². The summed E-state index contributed by atoms with van der Waals surface area (Å²) in [5.41, 5.74) is 1.11. The molecule has 0 fully saturated rings. The summed E-state index contributed by atoms with van der Waals surface area (Å²) in [6.45, 7) is 3.27. The fraction of sp³-hybridized carbons (Fsp3) is 0.318. The van der Waals surface area contributed by atoms with E-state index in [0.717, 1.165) is 0 Å². The van der Waals surface area contributed by atoms with Crippen molar-refractivity contribution >= 4 is 29.2 Å². The number of benzene rings is 2. The van der Waals surface area contributed by atoms with Gasteiger partial charge in [-0.3, -0.25) is 9.59 Å². The molecule has 8 nitrogen and oxygen atoms in total. The highest BCUT2D eigenvalue weighted by Gasteiger charge is 2.30. The number of hydrogen-bond acceptors (Lipinski definition) is 6. The van der Waals surface area contributed by atoms with Crippen molar-refractivity contribution in [2.24, 2.45) is 0 Å². The Morgan fingerprint density at radius 3 is 2.43 bits per heavy atom. The minimum Gasteiger partial charge on any atom is -0.490 e. The Morgan fingerprint density at radius 2 is 1.70 bits per heavy atom. The largest absolute Gasteiger partial charge is 0.490 e. The van der Waals surface area contributed by atoms with Crippen LogP contribution in [0, 0.1) is 0 Å². The highest BCUT2D eigenvalue weighted by atomic mass is 16.6. The predicted octanol–water partition coefficient (Wildman–Crippen LogP) is 2.77. The molecule has 158 valence electrons. The summed E-state index contributed by atoms with van der Waals surface area (Å²) in [5.74, 6) is -0.337. The lowest BCUT2D eigenvalue weighted by Gasteiger charge is -2.27. The summed E-state index contributed by atoms with van der Waals surface area (Å²) in [6.07, 6.45) is 0.145. The van der Waals surface area contributed by atoms with E-state index in [-0.39, 0.29) is 25.0 Å². The van der Waals surface area contributed by atoms with Crippen molar-refractivity contribution in [1.29, 1.82) is 0 Å². The number of nitrogens with one attached hydrogen (secondary N) is 1. The van der Waals surface area contributed by atoms with E-state index in [0.29, 0.717) is 29.5 Å². The number of fused-ring (bicyclic) bond motifs is 1. The Bertz CT molecular complexity index is 929. The first-order chi connectivity index (χ1) is 14.5. The fourth-order valence-corrected chi connectivity index (χ4v) is 3.20. The van der Waals surface area contributed by atoms with Crippen LogP contribution in [0.15, 0.2) is 48.5 Å². The van der Waals surface area contributed by atoms with E-state index in [1.54, 1.807) is 55.5 Å². The number of carbonyl (C=O) groups excluding carboxylic acids is 3. The first-order valence-corrected chi connectivity index (χ1v) is 9.70. The van der Waals surface area contributed by atoms with Crippen LogP contribution >= 0.6 is 0 Å². The van der Waals surface area contributed by atoms with Gasteiger partial charge in [-0.15, -0.1) is 0 Å². The number of esters is 1. The van der Waals surface area contributed by atoms with E-state index in [1.807, 2.05) is 6.92 Å². The van der Waals surface area contributed by atoms with Crippen molar-refractivity contribution in [3.8, 4) is 11.5 Å². The van der Waals surface area contributed by atoms with Crippen LogP contribution in [0.3, 0.4) is 0 Å². The molecular weight excluding hydrogens is 388 g/mol. The predicted molar refractivity (Wildman–Crippen MR) is 111 cm³/mol. The molecule has 0 aromatic heterocycles. The highest BCUT2D eigenvalue weighted by Crippen LogP contribution is 2.31. The SMILES string of the molecule is CCOc1ccccc1OCC(=O)OCC(=O)N1c2ccccc2NC(=O)C[C@H]1C. The van der Waals surface area contributed by atoms with Gasteiger partial charge in [0, 0.05) is 12.5 Å². The maximum absolute atomic E-state index is 12.8. The van der Waals surface area contributed by atoms with Crippen LogP contribution in [0.5, 0.6) is 11.5 Å². The second kappa shape index (κ2) is 9.78. The summed E-state index contributed by atoms with van der Waals surface area (Å²) in [6, 6.07) is 13.6. The molecule has 0 radical (unpaired) electrons. The molecule has 2 aromatic carbocycles. The highest BCUT2D eigenvalue weighted by molar-refractivity contribution is 6.05. The second-order valence-electron chi connectivity index (χ2n) is 6.71. The Hall–Kier alpha value is -3.55. The van der Waals surface area contributed by atoms with Crippen molar-refractivity contribution in [2.45, 2.75) is 26.3 Å². The molecule has 1 atom stereocenters. The lowest BCUT2D eigenvalue weighted by Crippen LogP contribution is -2.41. The smallest absolute Gasteiger partial charge is 0.344 e. The van der Waals surface area contributed by atoms with E-state index in [1.165, 1.54) is 4.90 Å². The number of nitrogens with zero attached hydrogens (tertiary/aromatic N) is 1. The minimum absolute atomic E-state index is 0.145. The van der Waals surface area contributed by atoms with Crippen molar-refractivity contribution in [3.63, 3.8) is 0 Å². The molecule has 2 amide bonds. The Labute approximate surface area is 174 Å². The zero-order valence-electron chi connectivity index (χ0n) is 16.9. The summed E-state index contributed by atoms with van der Waals surface area (Å²) < 4.78 is 16.0. The number of amides is 2. The van der Waals surface area contributed by atoms with Crippen molar-refractivity contribution < 1.29 is 28.6 Å². The molecule has 0 unspecified atom stereocenters. The van der Waals surface area contributed by atoms with Gasteiger partial charge < -0.3 is 24.4 Å². The molecule has 1 aliphatic rings. The van der Waals surface area contributed by atoms with Gasteiger partial charge in [0.2, 0.25) is 5.91 Å². The molecule has 1 heterocycles. The number of rotatable bonds is 7. The standard InChI is InChI=1S/C22H24N2O6/c1-3-28-18-10-6-7-11-19(18)29-14-22(27)30-13-21(26)24-15(2)12-20(25)23-16-8-4-5-9-17(16)24/h4-11,15H,3,12-14H2,1-2H3,(H,23,25)/t15-/m1/s1. The molecule has 0 spiro atoms. The maximum atomic E-state index is 12.8. The molecule has 1 N–H and O–H groups in total. The lowest BCUT2D eigenvalue weighted by atomic mass is 10.1. The zero-order chi connectivity index (χ0) is 21.5. The van der Waals surface area contributed by atoms with Crippen LogP contribution < -0.4 is 19.7 Å². The monoisotopic (exact) mass is 412 g/mol. The minimum atomic E-state index is -0.681. The number of ether oxygens (including phenoxy) is 3. The van der Waals surface area contributed by atoms with Gasteiger partial charge in [-0.05, 0) is 38.1 Å². The second-order valence-corrected chi connectivity index (χ2v) is 6.71. The van der Waals surface area contributed by atoms with Gasteiger partial charge in [0.15, 0.2) is 24.7 Å². The molecule has 8 heteroatoms. The maximum Gasteiger partial charge on any atom is 0.344 e. The average molecular weight is 412 g/mol.